The van der Waals surface area contributed by atoms with Crippen molar-refractivity contribution in [1.29, 1.82) is 0 Å². The number of fused-ring (bicyclic) bond motifs is 1. The number of anilines is 1. The summed E-state index contributed by atoms with van der Waals surface area (Å²) in [7, 11) is -1.14. The van der Waals surface area contributed by atoms with Crippen LogP contribution in [0.4, 0.5) is 5.82 Å². The number of hydrogen-bond acceptors (Lipinski definition) is 8. The summed E-state index contributed by atoms with van der Waals surface area (Å²) in [6.45, 7) is 1.47. The fraction of sp³-hybridized carbons (Fsp3) is 0.353. The largest absolute Gasteiger partial charge is 0.355 e. The van der Waals surface area contributed by atoms with Gasteiger partial charge in [0.2, 0.25) is 15.5 Å². The van der Waals surface area contributed by atoms with Crippen LogP contribution in [0.15, 0.2) is 39.6 Å². The lowest BCUT2D eigenvalue weighted by Crippen LogP contribution is -2.29. The molecule has 0 aliphatic carbocycles. The van der Waals surface area contributed by atoms with Crippen molar-refractivity contribution >= 4 is 38.2 Å². The number of aromatic nitrogens is 3. The van der Waals surface area contributed by atoms with Gasteiger partial charge >= 0.3 is 0 Å². The summed E-state index contributed by atoms with van der Waals surface area (Å²) >= 11 is 1.33. The molecular weight excluding hydrogens is 400 g/mol. The molecule has 0 radical (unpaired) electrons. The van der Waals surface area contributed by atoms with Crippen LogP contribution in [0.25, 0.3) is 16.2 Å². The molecule has 4 heterocycles. The van der Waals surface area contributed by atoms with E-state index in [0.29, 0.717) is 23.1 Å². The van der Waals surface area contributed by atoms with Crippen molar-refractivity contribution in [3.05, 3.63) is 40.1 Å². The molecule has 2 N–H and O–H groups in total. The topological polar surface area (TPSA) is 114 Å². The summed E-state index contributed by atoms with van der Waals surface area (Å²) in [6.07, 6.45) is 3.80. The van der Waals surface area contributed by atoms with Gasteiger partial charge in [-0.15, -0.1) is 11.3 Å². The van der Waals surface area contributed by atoms with Crippen LogP contribution in [0.5, 0.6) is 0 Å². The second kappa shape index (κ2) is 6.92. The van der Waals surface area contributed by atoms with Gasteiger partial charge in [-0.2, -0.15) is 0 Å². The van der Waals surface area contributed by atoms with Crippen molar-refractivity contribution in [2.24, 2.45) is 5.73 Å². The Morgan fingerprint density at radius 1 is 1.32 bits per heavy atom. The first kappa shape index (κ1) is 19.0. The zero-order valence-corrected chi connectivity index (χ0v) is 17.1. The van der Waals surface area contributed by atoms with Crippen LogP contribution >= 0.6 is 11.3 Å². The van der Waals surface area contributed by atoms with Crippen LogP contribution in [0, 0.1) is 0 Å². The second-order valence-corrected chi connectivity index (χ2v) is 9.82. The molecule has 0 aromatic carbocycles. The van der Waals surface area contributed by atoms with Gasteiger partial charge in [-0.05, 0) is 18.6 Å². The van der Waals surface area contributed by atoms with Crippen LogP contribution in [0.2, 0.25) is 0 Å². The molecule has 1 aliphatic rings. The molecule has 11 heteroatoms. The van der Waals surface area contributed by atoms with E-state index >= 15 is 0 Å². The Hall–Kier alpha value is -2.34. The Labute approximate surface area is 166 Å². The molecule has 1 saturated heterocycles. The lowest BCUT2D eigenvalue weighted by molar-refractivity contribution is 0.519. The van der Waals surface area contributed by atoms with Crippen molar-refractivity contribution in [3.63, 3.8) is 0 Å². The Balaban J connectivity index is 2.00. The molecule has 3 aromatic rings. The van der Waals surface area contributed by atoms with E-state index in [1.165, 1.54) is 31.6 Å². The normalized spacial score (nSPS) is 17.7. The van der Waals surface area contributed by atoms with Gasteiger partial charge in [0.25, 0.3) is 0 Å². The average Bonchev–Trinajstić information content (AvgIpc) is 3.33. The van der Waals surface area contributed by atoms with E-state index in [2.05, 4.69) is 14.9 Å². The lowest BCUT2D eigenvalue weighted by Gasteiger charge is -2.19. The van der Waals surface area contributed by atoms with Crippen LogP contribution in [-0.2, 0) is 10.0 Å². The van der Waals surface area contributed by atoms with Crippen LogP contribution in [-0.4, -0.2) is 60.5 Å². The number of thiazole rings is 1. The highest BCUT2D eigenvalue weighted by Gasteiger charge is 2.26. The molecule has 148 valence electrons. The van der Waals surface area contributed by atoms with Gasteiger partial charge in [-0.3, -0.25) is 9.36 Å². The summed E-state index contributed by atoms with van der Waals surface area (Å²) in [5.74, 6) is 0.702. The highest BCUT2D eigenvalue weighted by molar-refractivity contribution is 7.89. The van der Waals surface area contributed by atoms with Gasteiger partial charge in [0.05, 0.1) is 5.39 Å². The quantitative estimate of drug-likeness (QED) is 0.658. The highest BCUT2D eigenvalue weighted by atomic mass is 32.2. The molecule has 4 rings (SSSR count). The summed E-state index contributed by atoms with van der Waals surface area (Å²) in [5, 5.41) is 2.54. The van der Waals surface area contributed by atoms with E-state index < -0.39 is 15.5 Å². The first-order chi connectivity index (χ1) is 13.3. The van der Waals surface area contributed by atoms with Crippen LogP contribution < -0.4 is 16.1 Å². The Bertz CT molecular complexity index is 1190. The summed E-state index contributed by atoms with van der Waals surface area (Å²) in [4.78, 5) is 23.7. The van der Waals surface area contributed by atoms with E-state index in [1.807, 2.05) is 0 Å². The fourth-order valence-electron chi connectivity index (χ4n) is 3.20. The van der Waals surface area contributed by atoms with E-state index in [9.17, 15) is 13.2 Å². The van der Waals surface area contributed by atoms with E-state index in [4.69, 9.17) is 5.73 Å². The van der Waals surface area contributed by atoms with Crippen molar-refractivity contribution in [2.45, 2.75) is 17.4 Å². The minimum atomic E-state index is -3.92. The smallest absolute Gasteiger partial charge is 0.247 e. The number of rotatable bonds is 4. The molecule has 0 unspecified atom stereocenters. The van der Waals surface area contributed by atoms with Gasteiger partial charge in [-0.1, -0.05) is 0 Å². The molecule has 0 spiro atoms. The first-order valence-corrected chi connectivity index (χ1v) is 11.0. The summed E-state index contributed by atoms with van der Waals surface area (Å²) in [6, 6.07) is 3.45. The van der Waals surface area contributed by atoms with Gasteiger partial charge in [0, 0.05) is 51.0 Å². The van der Waals surface area contributed by atoms with Crippen molar-refractivity contribution in [3.8, 4) is 5.13 Å². The molecular formula is C17H20N6O3S2. The van der Waals surface area contributed by atoms with Crippen molar-refractivity contribution in [2.75, 3.05) is 32.1 Å². The third-order valence-electron chi connectivity index (χ3n) is 4.74. The molecule has 1 atom stereocenters. The number of nitrogens with zero attached hydrogens (tertiary/aromatic N) is 5. The van der Waals surface area contributed by atoms with Crippen LogP contribution in [0.3, 0.4) is 0 Å². The minimum Gasteiger partial charge on any atom is -0.355 e. The third-order valence-corrected chi connectivity index (χ3v) is 7.31. The predicted molar refractivity (Wildman–Crippen MR) is 109 cm³/mol. The predicted octanol–water partition coefficient (Wildman–Crippen LogP) is 0.630. The van der Waals surface area contributed by atoms with Gasteiger partial charge in [0.15, 0.2) is 10.8 Å². The van der Waals surface area contributed by atoms with Gasteiger partial charge in [0.1, 0.15) is 10.7 Å². The second-order valence-electron chi connectivity index (χ2n) is 6.83. The highest BCUT2D eigenvalue weighted by Crippen LogP contribution is 2.24. The zero-order chi connectivity index (χ0) is 20.1. The number of hydrogen-bond donors (Lipinski definition) is 1. The molecule has 0 bridgehead atoms. The van der Waals surface area contributed by atoms with E-state index in [1.54, 1.807) is 28.3 Å². The Morgan fingerprint density at radius 3 is 2.71 bits per heavy atom. The Kier molecular flexibility index (Phi) is 4.70. The summed E-state index contributed by atoms with van der Waals surface area (Å²) in [5.41, 5.74) is 5.79. The standard InChI is InChI=1S/C17H20N6O3S2/c1-21(2)28(25,26)13-10-23(17-19-6-8-27-17)16-12(15(13)24)3-4-14(20-16)22-7-5-11(18)9-22/h3-4,6,8,10-11H,5,7,9,18H2,1-2H3/t11-/m1/s1. The van der Waals surface area contributed by atoms with Crippen molar-refractivity contribution in [1.82, 2.24) is 18.8 Å². The number of sulfonamides is 1. The third kappa shape index (κ3) is 3.09. The monoisotopic (exact) mass is 420 g/mol. The van der Waals surface area contributed by atoms with Gasteiger partial charge < -0.3 is 10.6 Å². The fourth-order valence-corrected chi connectivity index (χ4v) is 4.80. The van der Waals surface area contributed by atoms with E-state index in [-0.39, 0.29) is 16.3 Å². The molecule has 1 aliphatic heterocycles. The van der Waals surface area contributed by atoms with Crippen LogP contribution in [0.1, 0.15) is 6.42 Å². The maximum atomic E-state index is 13.0. The first-order valence-electron chi connectivity index (χ1n) is 8.68. The molecule has 28 heavy (non-hydrogen) atoms. The van der Waals surface area contributed by atoms with Gasteiger partial charge in [-0.25, -0.2) is 22.7 Å². The Morgan fingerprint density at radius 2 is 2.11 bits per heavy atom. The maximum Gasteiger partial charge on any atom is 0.247 e. The zero-order valence-electron chi connectivity index (χ0n) is 15.4. The molecule has 3 aromatic heterocycles. The average molecular weight is 421 g/mol. The lowest BCUT2D eigenvalue weighted by atomic mass is 10.2. The molecule has 0 saturated carbocycles. The van der Waals surface area contributed by atoms with Crippen molar-refractivity contribution < 1.29 is 8.42 Å². The number of nitrogens with two attached hydrogens (primary N) is 1. The molecule has 0 amide bonds. The van der Waals surface area contributed by atoms with E-state index in [0.717, 1.165) is 17.3 Å². The SMILES string of the molecule is CN(C)S(=O)(=O)c1cn(-c2nccs2)c2nc(N3CC[C@@H](N)C3)ccc2c1=O. The minimum absolute atomic E-state index is 0.0891. The summed E-state index contributed by atoms with van der Waals surface area (Å²) < 4.78 is 28.0. The molecule has 9 nitrogen and oxygen atoms in total. The maximum absolute atomic E-state index is 13.0. The number of pyridine rings is 2. The molecule has 1 fully saturated rings.